The molecule has 2 atom stereocenters. The van der Waals surface area contributed by atoms with Crippen molar-refractivity contribution in [1.82, 2.24) is 0 Å². The maximum atomic E-state index is 12.1. The molecule has 0 bridgehead atoms. The molecular formula is C4H9ClFNO. The normalized spacial score (nSPS) is 36.8. The van der Waals surface area contributed by atoms with E-state index in [0.717, 1.165) is 0 Å². The van der Waals surface area contributed by atoms with Crippen molar-refractivity contribution in [2.45, 2.75) is 12.2 Å². The van der Waals surface area contributed by atoms with Crippen molar-refractivity contribution in [3.05, 3.63) is 0 Å². The number of ether oxygens (including phenoxy) is 1. The summed E-state index contributed by atoms with van der Waals surface area (Å²) in [6.45, 7) is 0.558. The Morgan fingerprint density at radius 1 is 1.50 bits per heavy atom. The lowest BCUT2D eigenvalue weighted by atomic mass is 10.3. The van der Waals surface area contributed by atoms with Gasteiger partial charge in [0, 0.05) is 0 Å². The number of alkyl halides is 1. The van der Waals surface area contributed by atoms with E-state index >= 15 is 0 Å². The van der Waals surface area contributed by atoms with Crippen LogP contribution in [0, 0.1) is 0 Å². The predicted molar refractivity (Wildman–Crippen MR) is 30.9 cm³/mol. The zero-order valence-electron chi connectivity index (χ0n) is 4.34. The third-order valence-corrected chi connectivity index (χ3v) is 1.05. The van der Waals surface area contributed by atoms with Gasteiger partial charge in [-0.15, -0.1) is 12.4 Å². The summed E-state index contributed by atoms with van der Waals surface area (Å²) in [5.74, 6) is 0. The second-order valence-corrected chi connectivity index (χ2v) is 1.72. The van der Waals surface area contributed by atoms with Crippen molar-refractivity contribution in [1.29, 1.82) is 0 Å². The predicted octanol–water partition coefficient (Wildman–Crippen LogP) is 0.104. The lowest BCUT2D eigenvalue weighted by Crippen LogP contribution is -2.29. The Balaban J connectivity index is 0.000000490. The van der Waals surface area contributed by atoms with Crippen molar-refractivity contribution in [2.24, 2.45) is 5.73 Å². The molecule has 1 fully saturated rings. The molecule has 0 unspecified atom stereocenters. The summed E-state index contributed by atoms with van der Waals surface area (Å²) in [6, 6.07) is -0.375. The van der Waals surface area contributed by atoms with Gasteiger partial charge in [0.15, 0.2) is 0 Å². The molecule has 2 N–H and O–H groups in total. The van der Waals surface area contributed by atoms with E-state index in [1.165, 1.54) is 0 Å². The quantitative estimate of drug-likeness (QED) is 0.520. The summed E-state index contributed by atoms with van der Waals surface area (Å²) in [7, 11) is 0. The Morgan fingerprint density at radius 3 is 2.25 bits per heavy atom. The van der Waals surface area contributed by atoms with Gasteiger partial charge in [0.05, 0.1) is 19.3 Å². The maximum Gasteiger partial charge on any atom is 0.141 e. The largest absolute Gasteiger partial charge is 0.377 e. The van der Waals surface area contributed by atoms with Crippen molar-refractivity contribution in [2.75, 3.05) is 13.2 Å². The topological polar surface area (TPSA) is 35.2 Å². The summed E-state index contributed by atoms with van der Waals surface area (Å²) in [5, 5.41) is 0. The first-order valence-corrected chi connectivity index (χ1v) is 2.28. The number of nitrogens with two attached hydrogens (primary N) is 1. The lowest BCUT2D eigenvalue weighted by molar-refractivity contribution is 0.173. The fraction of sp³-hybridized carbons (Fsp3) is 1.00. The molecule has 0 spiro atoms. The van der Waals surface area contributed by atoms with Crippen LogP contribution in [0.1, 0.15) is 0 Å². The highest BCUT2D eigenvalue weighted by Gasteiger charge is 2.23. The SMILES string of the molecule is Cl.N[C@@H]1COC[C@H]1F. The fourth-order valence-electron chi connectivity index (χ4n) is 0.545. The monoisotopic (exact) mass is 141 g/mol. The minimum Gasteiger partial charge on any atom is -0.377 e. The lowest BCUT2D eigenvalue weighted by Gasteiger charge is -1.98. The van der Waals surface area contributed by atoms with E-state index in [1.54, 1.807) is 0 Å². The Bertz CT molecular complexity index is 65.1. The van der Waals surface area contributed by atoms with E-state index in [-0.39, 0.29) is 25.1 Å². The molecule has 0 amide bonds. The number of hydrogen-bond donors (Lipinski definition) is 1. The van der Waals surface area contributed by atoms with Gasteiger partial charge in [-0.3, -0.25) is 0 Å². The highest BCUT2D eigenvalue weighted by atomic mass is 35.5. The molecule has 1 heterocycles. The molecule has 50 valence electrons. The van der Waals surface area contributed by atoms with Crippen LogP contribution in [-0.4, -0.2) is 25.4 Å². The van der Waals surface area contributed by atoms with Crippen LogP contribution in [0.25, 0.3) is 0 Å². The van der Waals surface area contributed by atoms with Crippen LogP contribution in [0.15, 0.2) is 0 Å². The van der Waals surface area contributed by atoms with Crippen molar-refractivity contribution >= 4 is 12.4 Å². The highest BCUT2D eigenvalue weighted by Crippen LogP contribution is 2.05. The van der Waals surface area contributed by atoms with Gasteiger partial charge < -0.3 is 10.5 Å². The minimum absolute atomic E-state index is 0. The van der Waals surface area contributed by atoms with E-state index in [9.17, 15) is 4.39 Å². The molecule has 1 aliphatic heterocycles. The van der Waals surface area contributed by atoms with E-state index < -0.39 is 6.17 Å². The van der Waals surface area contributed by atoms with Gasteiger partial charge >= 0.3 is 0 Å². The van der Waals surface area contributed by atoms with Gasteiger partial charge in [-0.25, -0.2) is 4.39 Å². The van der Waals surface area contributed by atoms with E-state index in [0.29, 0.717) is 6.61 Å². The molecule has 1 rings (SSSR count). The van der Waals surface area contributed by atoms with Crippen LogP contribution in [0.5, 0.6) is 0 Å². The third-order valence-electron chi connectivity index (χ3n) is 1.05. The van der Waals surface area contributed by atoms with Crippen molar-refractivity contribution in [3.8, 4) is 0 Å². The Labute approximate surface area is 53.6 Å². The van der Waals surface area contributed by atoms with Gasteiger partial charge in [0.1, 0.15) is 6.17 Å². The molecule has 1 aliphatic rings. The third kappa shape index (κ3) is 1.58. The summed E-state index contributed by atoms with van der Waals surface area (Å²) >= 11 is 0. The molecule has 0 aromatic carbocycles. The zero-order chi connectivity index (χ0) is 5.28. The Kier molecular flexibility index (Phi) is 3.28. The Morgan fingerprint density at radius 2 is 2.12 bits per heavy atom. The van der Waals surface area contributed by atoms with Gasteiger partial charge in [0.25, 0.3) is 0 Å². The average molecular weight is 142 g/mol. The number of halogens is 2. The molecule has 8 heavy (non-hydrogen) atoms. The number of rotatable bonds is 0. The molecule has 2 nitrogen and oxygen atoms in total. The van der Waals surface area contributed by atoms with E-state index in [2.05, 4.69) is 4.74 Å². The summed E-state index contributed by atoms with van der Waals surface area (Å²) in [4.78, 5) is 0. The molecule has 0 radical (unpaired) electrons. The van der Waals surface area contributed by atoms with Crippen molar-refractivity contribution in [3.63, 3.8) is 0 Å². The fourth-order valence-corrected chi connectivity index (χ4v) is 0.545. The summed E-state index contributed by atoms with van der Waals surface area (Å²) in [6.07, 6.45) is -0.931. The van der Waals surface area contributed by atoms with Gasteiger partial charge in [-0.1, -0.05) is 0 Å². The van der Waals surface area contributed by atoms with Gasteiger partial charge in [0.2, 0.25) is 0 Å². The molecule has 0 saturated carbocycles. The summed E-state index contributed by atoms with van der Waals surface area (Å²) in [5.41, 5.74) is 5.18. The van der Waals surface area contributed by atoms with Crippen LogP contribution in [-0.2, 0) is 4.74 Å². The second-order valence-electron chi connectivity index (χ2n) is 1.72. The number of hydrogen-bond acceptors (Lipinski definition) is 2. The molecule has 4 heteroatoms. The van der Waals surface area contributed by atoms with E-state index in [1.807, 2.05) is 0 Å². The molecule has 0 aromatic heterocycles. The summed E-state index contributed by atoms with van der Waals surface area (Å²) < 4.78 is 16.7. The van der Waals surface area contributed by atoms with E-state index in [4.69, 9.17) is 5.73 Å². The van der Waals surface area contributed by atoms with Crippen molar-refractivity contribution < 1.29 is 9.13 Å². The standard InChI is InChI=1S/C4H8FNO.ClH/c5-3-1-7-2-4(3)6;/h3-4H,1-2,6H2;1H/t3-,4-;/m1./s1. The maximum absolute atomic E-state index is 12.1. The van der Waals surface area contributed by atoms with Gasteiger partial charge in [-0.05, 0) is 0 Å². The average Bonchev–Trinajstić information content (AvgIpc) is 1.91. The first kappa shape index (κ1) is 8.14. The smallest absolute Gasteiger partial charge is 0.141 e. The van der Waals surface area contributed by atoms with Crippen LogP contribution < -0.4 is 5.73 Å². The van der Waals surface area contributed by atoms with Crippen LogP contribution >= 0.6 is 12.4 Å². The van der Waals surface area contributed by atoms with Crippen LogP contribution in [0.2, 0.25) is 0 Å². The molecule has 1 saturated heterocycles. The molecule has 0 aliphatic carbocycles. The first-order valence-electron chi connectivity index (χ1n) is 2.28. The highest BCUT2D eigenvalue weighted by molar-refractivity contribution is 5.85. The second kappa shape index (κ2) is 3.22. The first-order chi connectivity index (χ1) is 3.30. The van der Waals surface area contributed by atoms with Crippen LogP contribution in [0.4, 0.5) is 4.39 Å². The molecule has 0 aromatic rings. The van der Waals surface area contributed by atoms with Gasteiger partial charge in [-0.2, -0.15) is 0 Å². The molecular weight excluding hydrogens is 133 g/mol. The Hall–Kier alpha value is 0.140. The van der Waals surface area contributed by atoms with Crippen LogP contribution in [0.3, 0.4) is 0 Å². The zero-order valence-corrected chi connectivity index (χ0v) is 5.16. The minimum atomic E-state index is -0.931.